The van der Waals surface area contributed by atoms with Crippen molar-refractivity contribution in [1.82, 2.24) is 10.3 Å². The van der Waals surface area contributed by atoms with E-state index < -0.39 is 0 Å². The van der Waals surface area contributed by atoms with E-state index in [1.165, 1.54) is 19.3 Å². The minimum absolute atomic E-state index is 0.433. The summed E-state index contributed by atoms with van der Waals surface area (Å²) < 4.78 is 5.51. The minimum Gasteiger partial charge on any atom is -0.478 e. The van der Waals surface area contributed by atoms with Crippen LogP contribution in [0.25, 0.3) is 0 Å². The molecule has 0 bridgehead atoms. The highest BCUT2D eigenvalue weighted by atomic mass is 16.5. The van der Waals surface area contributed by atoms with Crippen molar-refractivity contribution in [1.29, 1.82) is 0 Å². The number of ether oxygens (including phenoxy) is 1. The third kappa shape index (κ3) is 4.10. The van der Waals surface area contributed by atoms with E-state index in [0.717, 1.165) is 18.9 Å². The summed E-state index contributed by atoms with van der Waals surface area (Å²) in [5.74, 6) is 1.73. The van der Waals surface area contributed by atoms with E-state index in [0.29, 0.717) is 24.6 Å². The van der Waals surface area contributed by atoms with Crippen molar-refractivity contribution in [3.8, 4) is 5.88 Å². The smallest absolute Gasteiger partial charge is 0.215 e. The summed E-state index contributed by atoms with van der Waals surface area (Å²) in [6.07, 6.45) is 3.89. The highest BCUT2D eigenvalue weighted by Crippen LogP contribution is 2.20. The van der Waals surface area contributed by atoms with E-state index in [-0.39, 0.29) is 0 Å². The van der Waals surface area contributed by atoms with Crippen LogP contribution in [0.4, 0.5) is 5.82 Å². The Kier molecular flexibility index (Phi) is 5.65. The van der Waals surface area contributed by atoms with Gasteiger partial charge in [0, 0.05) is 24.7 Å². The van der Waals surface area contributed by atoms with Crippen LogP contribution in [0, 0.1) is 0 Å². The molecule has 0 aliphatic carbocycles. The molecule has 1 atom stereocenters. The summed E-state index contributed by atoms with van der Waals surface area (Å²) >= 11 is 0. The number of aromatic nitrogens is 1. The Labute approximate surface area is 122 Å². The molecule has 20 heavy (non-hydrogen) atoms. The number of nitrogens with zero attached hydrogens (tertiary/aromatic N) is 2. The Morgan fingerprint density at radius 2 is 2.25 bits per heavy atom. The van der Waals surface area contributed by atoms with Crippen molar-refractivity contribution in [2.24, 2.45) is 0 Å². The molecule has 0 saturated carbocycles. The summed E-state index contributed by atoms with van der Waals surface area (Å²) in [4.78, 5) is 6.99. The number of nitrogens with one attached hydrogen (secondary N) is 1. The van der Waals surface area contributed by atoms with Gasteiger partial charge in [-0.05, 0) is 46.2 Å². The number of rotatable bonds is 6. The number of pyridine rings is 1. The van der Waals surface area contributed by atoms with Crippen LogP contribution in [-0.4, -0.2) is 36.8 Å². The Morgan fingerprint density at radius 3 is 2.90 bits per heavy atom. The average molecular weight is 277 g/mol. The summed E-state index contributed by atoms with van der Waals surface area (Å²) in [7, 11) is 0. The molecule has 1 aromatic heterocycles. The fourth-order valence-corrected chi connectivity index (χ4v) is 2.68. The normalized spacial score (nSPS) is 19.1. The first-order chi connectivity index (χ1) is 9.70. The Balaban J connectivity index is 2.08. The van der Waals surface area contributed by atoms with Gasteiger partial charge in [-0.1, -0.05) is 12.5 Å². The molecule has 1 saturated heterocycles. The number of anilines is 1. The topological polar surface area (TPSA) is 37.4 Å². The molecule has 1 unspecified atom stereocenters. The SMILES string of the molecule is CCOc1cccc(N(CC2CCCCN2)C(C)C)n1. The van der Waals surface area contributed by atoms with Gasteiger partial charge in [0.1, 0.15) is 5.82 Å². The average Bonchev–Trinajstić information content (AvgIpc) is 2.46. The van der Waals surface area contributed by atoms with Gasteiger partial charge in [-0.2, -0.15) is 4.98 Å². The molecule has 1 N–H and O–H groups in total. The molecule has 1 aromatic rings. The number of hydrogen-bond acceptors (Lipinski definition) is 4. The molecule has 4 nitrogen and oxygen atoms in total. The van der Waals surface area contributed by atoms with E-state index in [9.17, 15) is 0 Å². The standard InChI is InChI=1S/C16H27N3O/c1-4-20-16-10-7-9-15(18-16)19(13(2)3)12-14-8-5-6-11-17-14/h7,9-10,13-14,17H,4-6,8,11-12H2,1-3H3. The Morgan fingerprint density at radius 1 is 1.40 bits per heavy atom. The summed E-state index contributed by atoms with van der Waals surface area (Å²) in [6, 6.07) is 7.03. The lowest BCUT2D eigenvalue weighted by Gasteiger charge is -2.34. The molecule has 0 radical (unpaired) electrons. The van der Waals surface area contributed by atoms with Crippen LogP contribution in [0.15, 0.2) is 18.2 Å². The van der Waals surface area contributed by atoms with Crippen molar-refractivity contribution in [2.75, 3.05) is 24.6 Å². The maximum absolute atomic E-state index is 5.51. The van der Waals surface area contributed by atoms with Gasteiger partial charge in [0.15, 0.2) is 0 Å². The van der Waals surface area contributed by atoms with E-state index >= 15 is 0 Å². The predicted octanol–water partition coefficient (Wildman–Crippen LogP) is 2.84. The molecule has 1 fully saturated rings. The Bertz CT molecular complexity index is 402. The first-order valence-corrected chi connectivity index (χ1v) is 7.80. The van der Waals surface area contributed by atoms with Gasteiger partial charge in [0.05, 0.1) is 6.61 Å². The van der Waals surface area contributed by atoms with Crippen molar-refractivity contribution >= 4 is 5.82 Å². The fourth-order valence-electron chi connectivity index (χ4n) is 2.68. The molecule has 1 aliphatic heterocycles. The van der Waals surface area contributed by atoms with Gasteiger partial charge < -0.3 is 15.0 Å². The second-order valence-electron chi connectivity index (χ2n) is 5.66. The molecule has 112 valence electrons. The van der Waals surface area contributed by atoms with E-state index in [4.69, 9.17) is 4.74 Å². The van der Waals surface area contributed by atoms with E-state index in [2.05, 4.69) is 35.1 Å². The molecular weight excluding hydrogens is 250 g/mol. The lowest BCUT2D eigenvalue weighted by molar-refractivity contribution is 0.326. The Hall–Kier alpha value is -1.29. The largest absolute Gasteiger partial charge is 0.478 e. The molecule has 0 spiro atoms. The third-order valence-electron chi connectivity index (χ3n) is 3.75. The van der Waals surface area contributed by atoms with E-state index in [1.54, 1.807) is 0 Å². The van der Waals surface area contributed by atoms with Crippen molar-refractivity contribution in [3.63, 3.8) is 0 Å². The summed E-state index contributed by atoms with van der Waals surface area (Å²) in [5, 5.41) is 3.61. The van der Waals surface area contributed by atoms with Gasteiger partial charge in [-0.3, -0.25) is 0 Å². The highest BCUT2D eigenvalue weighted by Gasteiger charge is 2.20. The zero-order valence-electron chi connectivity index (χ0n) is 12.9. The number of hydrogen-bond donors (Lipinski definition) is 1. The lowest BCUT2D eigenvalue weighted by atomic mass is 10.0. The zero-order chi connectivity index (χ0) is 14.4. The number of piperidine rings is 1. The van der Waals surface area contributed by atoms with Crippen molar-refractivity contribution < 1.29 is 4.74 Å². The summed E-state index contributed by atoms with van der Waals surface area (Å²) in [5.41, 5.74) is 0. The zero-order valence-corrected chi connectivity index (χ0v) is 12.9. The quantitative estimate of drug-likeness (QED) is 0.867. The lowest BCUT2D eigenvalue weighted by Crippen LogP contribution is -2.46. The van der Waals surface area contributed by atoms with Gasteiger partial charge in [-0.25, -0.2) is 0 Å². The van der Waals surface area contributed by atoms with Crippen LogP contribution in [0.1, 0.15) is 40.0 Å². The van der Waals surface area contributed by atoms with Gasteiger partial charge in [0.25, 0.3) is 0 Å². The van der Waals surface area contributed by atoms with E-state index in [1.807, 2.05) is 19.1 Å². The van der Waals surface area contributed by atoms with Crippen LogP contribution < -0.4 is 15.0 Å². The molecule has 1 aliphatic rings. The van der Waals surface area contributed by atoms with Crippen LogP contribution in [-0.2, 0) is 0 Å². The van der Waals surface area contributed by atoms with Crippen LogP contribution in [0.2, 0.25) is 0 Å². The molecule has 0 amide bonds. The predicted molar refractivity (Wildman–Crippen MR) is 83.5 cm³/mol. The second-order valence-corrected chi connectivity index (χ2v) is 5.66. The monoisotopic (exact) mass is 277 g/mol. The van der Waals surface area contributed by atoms with Crippen molar-refractivity contribution in [2.45, 2.75) is 52.1 Å². The van der Waals surface area contributed by atoms with Crippen LogP contribution in [0.5, 0.6) is 5.88 Å². The first-order valence-electron chi connectivity index (χ1n) is 7.80. The molecule has 0 aromatic carbocycles. The summed E-state index contributed by atoms with van der Waals surface area (Å²) in [6.45, 7) is 9.24. The maximum Gasteiger partial charge on any atom is 0.215 e. The maximum atomic E-state index is 5.51. The molecule has 4 heteroatoms. The van der Waals surface area contributed by atoms with Crippen LogP contribution >= 0.6 is 0 Å². The first kappa shape index (κ1) is 15.1. The van der Waals surface area contributed by atoms with Crippen LogP contribution in [0.3, 0.4) is 0 Å². The molecular formula is C16H27N3O. The van der Waals surface area contributed by atoms with Gasteiger partial charge >= 0.3 is 0 Å². The van der Waals surface area contributed by atoms with Gasteiger partial charge in [-0.15, -0.1) is 0 Å². The fraction of sp³-hybridized carbons (Fsp3) is 0.688. The second kappa shape index (κ2) is 7.48. The molecule has 2 heterocycles. The molecule has 2 rings (SSSR count). The minimum atomic E-state index is 0.433. The van der Waals surface area contributed by atoms with Crippen molar-refractivity contribution in [3.05, 3.63) is 18.2 Å². The third-order valence-corrected chi connectivity index (χ3v) is 3.75. The van der Waals surface area contributed by atoms with Gasteiger partial charge in [0.2, 0.25) is 5.88 Å². The highest BCUT2D eigenvalue weighted by molar-refractivity contribution is 5.41.